The third kappa shape index (κ3) is 2.00. The van der Waals surface area contributed by atoms with Gasteiger partial charge in [-0.25, -0.2) is 0 Å². The van der Waals surface area contributed by atoms with Gasteiger partial charge in [-0.1, -0.05) is 26.0 Å². The number of nitriles is 1. The fourth-order valence-electron chi connectivity index (χ4n) is 3.47. The maximum atomic E-state index is 12.0. The van der Waals surface area contributed by atoms with E-state index in [1.807, 2.05) is 4.90 Å². The summed E-state index contributed by atoms with van der Waals surface area (Å²) < 4.78 is 0. The molecule has 3 heteroatoms. The number of aryl methyl sites for hydroxylation is 2. The number of carbonyl (C=O) groups is 1. The smallest absolute Gasteiger partial charge is 0.227 e. The monoisotopic (exact) mass is 268 g/mol. The molecular weight excluding hydrogens is 248 g/mol. The van der Waals surface area contributed by atoms with Crippen molar-refractivity contribution in [1.82, 2.24) is 0 Å². The van der Waals surface area contributed by atoms with Crippen LogP contribution in [0.15, 0.2) is 12.1 Å². The highest BCUT2D eigenvalue weighted by molar-refractivity contribution is 5.97. The summed E-state index contributed by atoms with van der Waals surface area (Å²) in [5.41, 5.74) is 4.81. The van der Waals surface area contributed by atoms with Crippen LogP contribution in [0, 0.1) is 17.2 Å². The van der Waals surface area contributed by atoms with Gasteiger partial charge in [-0.15, -0.1) is 0 Å². The molecule has 2 aliphatic heterocycles. The van der Waals surface area contributed by atoms with Crippen molar-refractivity contribution in [3.05, 3.63) is 28.8 Å². The molecule has 0 radical (unpaired) electrons. The van der Waals surface area contributed by atoms with E-state index >= 15 is 0 Å². The normalized spacial score (nSPS) is 18.7. The van der Waals surface area contributed by atoms with Crippen LogP contribution in [0.1, 0.15) is 49.3 Å². The summed E-state index contributed by atoms with van der Waals surface area (Å²) in [4.78, 5) is 14.0. The van der Waals surface area contributed by atoms with Gasteiger partial charge in [0.1, 0.15) is 0 Å². The lowest BCUT2D eigenvalue weighted by Crippen LogP contribution is -2.39. The van der Waals surface area contributed by atoms with Crippen LogP contribution < -0.4 is 4.90 Å². The largest absolute Gasteiger partial charge is 0.312 e. The van der Waals surface area contributed by atoms with E-state index in [1.54, 1.807) is 0 Å². The third-order valence-electron chi connectivity index (χ3n) is 4.46. The molecule has 1 aromatic rings. The highest BCUT2D eigenvalue weighted by Crippen LogP contribution is 2.39. The second-order valence-corrected chi connectivity index (χ2v) is 6.19. The first-order chi connectivity index (χ1) is 9.61. The predicted octanol–water partition coefficient (Wildman–Crippen LogP) is 3.18. The Balaban J connectivity index is 2.11. The van der Waals surface area contributed by atoms with Crippen molar-refractivity contribution < 1.29 is 4.79 Å². The van der Waals surface area contributed by atoms with Gasteiger partial charge in [0.25, 0.3) is 0 Å². The molecule has 1 amide bonds. The molecule has 1 atom stereocenters. The number of hydrogen-bond donors (Lipinski definition) is 0. The van der Waals surface area contributed by atoms with Crippen LogP contribution in [0.3, 0.4) is 0 Å². The summed E-state index contributed by atoms with van der Waals surface area (Å²) >= 11 is 0. The molecule has 0 spiro atoms. The second kappa shape index (κ2) is 4.94. The zero-order valence-electron chi connectivity index (χ0n) is 12.1. The van der Waals surface area contributed by atoms with E-state index in [0.29, 0.717) is 12.3 Å². The van der Waals surface area contributed by atoms with Crippen molar-refractivity contribution in [2.24, 2.45) is 5.92 Å². The molecule has 1 aromatic carbocycles. The Bertz CT molecular complexity index is 580. The molecule has 2 heterocycles. The summed E-state index contributed by atoms with van der Waals surface area (Å²) in [6.45, 7) is 5.04. The molecule has 1 unspecified atom stereocenters. The summed E-state index contributed by atoms with van der Waals surface area (Å²) in [7, 11) is 0. The van der Waals surface area contributed by atoms with Gasteiger partial charge >= 0.3 is 0 Å². The molecule has 20 heavy (non-hydrogen) atoms. The van der Waals surface area contributed by atoms with Crippen molar-refractivity contribution in [1.29, 1.82) is 5.26 Å². The van der Waals surface area contributed by atoms with E-state index in [4.69, 9.17) is 0 Å². The number of anilines is 1. The predicted molar refractivity (Wildman–Crippen MR) is 78.6 cm³/mol. The first kappa shape index (κ1) is 13.2. The van der Waals surface area contributed by atoms with E-state index in [2.05, 4.69) is 32.0 Å². The fourth-order valence-corrected chi connectivity index (χ4v) is 3.47. The van der Waals surface area contributed by atoms with E-state index < -0.39 is 0 Å². The minimum atomic E-state index is -0.0513. The first-order valence-corrected chi connectivity index (χ1v) is 7.47. The van der Waals surface area contributed by atoms with Crippen LogP contribution in [-0.2, 0) is 17.6 Å². The second-order valence-electron chi connectivity index (χ2n) is 6.19. The molecular formula is C17H20N2O. The average Bonchev–Trinajstić information content (AvgIpc) is 2.43. The minimum Gasteiger partial charge on any atom is -0.312 e. The molecule has 0 aliphatic carbocycles. The SMILES string of the molecule is CC(C)C(C#N)c1cc2c3c(c1)CCC(=O)N3CCC2. The van der Waals surface area contributed by atoms with Crippen molar-refractivity contribution >= 4 is 11.6 Å². The van der Waals surface area contributed by atoms with Crippen LogP contribution >= 0.6 is 0 Å². The van der Waals surface area contributed by atoms with E-state index in [9.17, 15) is 10.1 Å². The van der Waals surface area contributed by atoms with E-state index in [0.717, 1.165) is 37.1 Å². The maximum Gasteiger partial charge on any atom is 0.227 e. The molecule has 0 saturated heterocycles. The van der Waals surface area contributed by atoms with Crippen molar-refractivity contribution in [2.45, 2.75) is 45.4 Å². The van der Waals surface area contributed by atoms with Gasteiger partial charge in [0.15, 0.2) is 0 Å². The standard InChI is InChI=1S/C17H20N2O/c1-11(2)15(10-18)14-8-12-4-3-7-19-16(20)6-5-13(9-14)17(12)19/h8-9,11,15H,3-7H2,1-2H3. The lowest BCUT2D eigenvalue weighted by Gasteiger charge is -2.36. The van der Waals surface area contributed by atoms with Crippen molar-refractivity contribution in [3.8, 4) is 6.07 Å². The summed E-state index contributed by atoms with van der Waals surface area (Å²) in [5, 5.41) is 9.41. The highest BCUT2D eigenvalue weighted by Gasteiger charge is 2.30. The Hall–Kier alpha value is -1.82. The van der Waals surface area contributed by atoms with Gasteiger partial charge in [-0.05, 0) is 41.9 Å². The zero-order valence-corrected chi connectivity index (χ0v) is 12.1. The highest BCUT2D eigenvalue weighted by atomic mass is 16.2. The van der Waals surface area contributed by atoms with Gasteiger partial charge < -0.3 is 4.90 Å². The first-order valence-electron chi connectivity index (χ1n) is 7.47. The number of nitrogens with zero attached hydrogens (tertiary/aromatic N) is 2. The third-order valence-corrected chi connectivity index (χ3v) is 4.46. The fraction of sp³-hybridized carbons (Fsp3) is 0.529. The molecule has 0 fully saturated rings. The summed E-state index contributed by atoms with van der Waals surface area (Å²) in [6, 6.07) is 6.76. The number of amides is 1. The molecule has 2 aliphatic rings. The Morgan fingerprint density at radius 2 is 1.90 bits per heavy atom. The number of carbonyl (C=O) groups excluding carboxylic acids is 1. The van der Waals surface area contributed by atoms with Gasteiger partial charge in [-0.3, -0.25) is 4.79 Å². The Morgan fingerprint density at radius 3 is 2.55 bits per heavy atom. The Labute approximate surface area is 120 Å². The summed E-state index contributed by atoms with van der Waals surface area (Å²) in [5.74, 6) is 0.520. The molecule has 0 saturated carbocycles. The average molecular weight is 268 g/mol. The van der Waals surface area contributed by atoms with Crippen LogP contribution in [0.2, 0.25) is 0 Å². The molecule has 3 rings (SSSR count). The van der Waals surface area contributed by atoms with Crippen molar-refractivity contribution in [2.75, 3.05) is 11.4 Å². The zero-order chi connectivity index (χ0) is 14.3. The van der Waals surface area contributed by atoms with Gasteiger partial charge in [0, 0.05) is 13.0 Å². The molecule has 0 bridgehead atoms. The lowest BCUT2D eigenvalue weighted by atomic mass is 9.83. The molecule has 0 aromatic heterocycles. The van der Waals surface area contributed by atoms with Gasteiger partial charge in [0.2, 0.25) is 5.91 Å². The quantitative estimate of drug-likeness (QED) is 0.827. The minimum absolute atomic E-state index is 0.0513. The number of rotatable bonds is 2. The van der Waals surface area contributed by atoms with Crippen LogP contribution in [0.25, 0.3) is 0 Å². The molecule has 0 N–H and O–H groups in total. The van der Waals surface area contributed by atoms with E-state index in [-0.39, 0.29) is 11.8 Å². The van der Waals surface area contributed by atoms with Gasteiger partial charge in [0.05, 0.1) is 17.7 Å². The van der Waals surface area contributed by atoms with Gasteiger partial charge in [-0.2, -0.15) is 5.26 Å². The van der Waals surface area contributed by atoms with E-state index in [1.165, 1.54) is 11.1 Å². The topological polar surface area (TPSA) is 44.1 Å². The van der Waals surface area contributed by atoms with Crippen molar-refractivity contribution in [3.63, 3.8) is 0 Å². The molecule has 104 valence electrons. The Morgan fingerprint density at radius 1 is 1.20 bits per heavy atom. The number of hydrogen-bond acceptors (Lipinski definition) is 2. The Kier molecular flexibility index (Phi) is 3.25. The van der Waals surface area contributed by atoms with Crippen LogP contribution in [0.4, 0.5) is 5.69 Å². The van der Waals surface area contributed by atoms with Crippen LogP contribution in [-0.4, -0.2) is 12.5 Å². The number of benzene rings is 1. The maximum absolute atomic E-state index is 12.0. The lowest BCUT2D eigenvalue weighted by molar-refractivity contribution is -0.119. The molecule has 3 nitrogen and oxygen atoms in total. The summed E-state index contributed by atoms with van der Waals surface area (Å²) in [6.07, 6.45) is 3.48. The van der Waals surface area contributed by atoms with Crippen LogP contribution in [0.5, 0.6) is 0 Å².